The highest BCUT2D eigenvalue weighted by molar-refractivity contribution is 5.52. The van der Waals surface area contributed by atoms with E-state index in [0.29, 0.717) is 0 Å². The molecule has 0 N–H and O–H groups in total. The number of aryl methyl sites for hydroxylation is 2. The molecule has 0 atom stereocenters. The van der Waals surface area contributed by atoms with Gasteiger partial charge in [-0.15, -0.1) is 0 Å². The largest absolute Gasteiger partial charge is 0.0985 e. The van der Waals surface area contributed by atoms with E-state index in [4.69, 9.17) is 0 Å². The van der Waals surface area contributed by atoms with Gasteiger partial charge >= 0.3 is 0 Å². The van der Waals surface area contributed by atoms with Gasteiger partial charge in [0.2, 0.25) is 0 Å². The van der Waals surface area contributed by atoms with E-state index in [0.717, 1.165) is 0 Å². The molecule has 0 radical (unpaired) electrons. The van der Waals surface area contributed by atoms with Crippen LogP contribution in [0.2, 0.25) is 0 Å². The highest BCUT2D eigenvalue weighted by Crippen LogP contribution is 2.10. The third-order valence-electron chi connectivity index (χ3n) is 1.65. The summed E-state index contributed by atoms with van der Waals surface area (Å²) in [6, 6.07) is 6.36. The molecule has 0 saturated heterocycles. The first kappa shape index (κ1) is 11.0. The zero-order valence-corrected chi connectivity index (χ0v) is 8.52. The topological polar surface area (TPSA) is 0 Å². The number of benzene rings is 1. The molecule has 66 valence electrons. The Bertz CT molecular complexity index is 246. The van der Waals surface area contributed by atoms with Crippen LogP contribution in [0.5, 0.6) is 0 Å². The first-order valence-electron chi connectivity index (χ1n) is 4.43. The Balaban J connectivity index is 0.000000561. The van der Waals surface area contributed by atoms with E-state index in [1.807, 2.05) is 19.9 Å². The van der Waals surface area contributed by atoms with Crippen molar-refractivity contribution in [3.8, 4) is 0 Å². The predicted molar refractivity (Wildman–Crippen MR) is 57.4 cm³/mol. The second-order valence-electron chi connectivity index (χ2n) is 2.56. The Morgan fingerprint density at radius 1 is 1.17 bits per heavy atom. The van der Waals surface area contributed by atoms with Crippen molar-refractivity contribution < 1.29 is 0 Å². The highest BCUT2D eigenvalue weighted by atomic mass is 14.0. The zero-order chi connectivity index (χ0) is 9.56. The summed E-state index contributed by atoms with van der Waals surface area (Å²) < 4.78 is 0. The number of hydrogen-bond donors (Lipinski definition) is 0. The first-order valence-corrected chi connectivity index (χ1v) is 4.43. The molecule has 0 unspecified atom stereocenters. The van der Waals surface area contributed by atoms with Crippen molar-refractivity contribution in [2.45, 2.75) is 27.7 Å². The Kier molecular flexibility index (Phi) is 5.11. The quantitative estimate of drug-likeness (QED) is 0.586. The van der Waals surface area contributed by atoms with Crippen molar-refractivity contribution in [1.82, 2.24) is 0 Å². The van der Waals surface area contributed by atoms with Crippen LogP contribution in [0.25, 0.3) is 6.08 Å². The maximum Gasteiger partial charge on any atom is -0.0233 e. The van der Waals surface area contributed by atoms with E-state index < -0.39 is 0 Å². The van der Waals surface area contributed by atoms with Gasteiger partial charge in [-0.3, -0.25) is 0 Å². The van der Waals surface area contributed by atoms with Gasteiger partial charge in [0.05, 0.1) is 0 Å². The molecule has 1 rings (SSSR count). The molecule has 0 heterocycles. The minimum Gasteiger partial charge on any atom is -0.0985 e. The molecule has 0 fully saturated rings. The van der Waals surface area contributed by atoms with Crippen LogP contribution in [0.3, 0.4) is 0 Å². The molecule has 1 aromatic carbocycles. The highest BCUT2D eigenvalue weighted by Gasteiger charge is 1.91. The van der Waals surface area contributed by atoms with Gasteiger partial charge in [-0.1, -0.05) is 50.3 Å². The van der Waals surface area contributed by atoms with Crippen molar-refractivity contribution in [2.75, 3.05) is 0 Å². The van der Waals surface area contributed by atoms with Gasteiger partial charge in [0.15, 0.2) is 0 Å². The Morgan fingerprint density at radius 2 is 1.75 bits per heavy atom. The SMILES string of the molecule is C=Cc1ccc(C)cc1C.CC. The van der Waals surface area contributed by atoms with Crippen LogP contribution < -0.4 is 0 Å². The molecule has 0 aliphatic rings. The van der Waals surface area contributed by atoms with Crippen LogP contribution in [0.1, 0.15) is 30.5 Å². The van der Waals surface area contributed by atoms with Crippen LogP contribution in [0.15, 0.2) is 24.8 Å². The van der Waals surface area contributed by atoms with Crippen molar-refractivity contribution >= 4 is 6.08 Å². The maximum atomic E-state index is 3.72. The smallest absolute Gasteiger partial charge is 0.0233 e. The Labute approximate surface area is 75.9 Å². The molecule has 0 aromatic heterocycles. The monoisotopic (exact) mass is 162 g/mol. The second-order valence-corrected chi connectivity index (χ2v) is 2.56. The molecule has 0 aliphatic carbocycles. The lowest BCUT2D eigenvalue weighted by Gasteiger charge is -1.99. The fraction of sp³-hybridized carbons (Fsp3) is 0.333. The van der Waals surface area contributed by atoms with Crippen molar-refractivity contribution in [3.05, 3.63) is 41.5 Å². The average Bonchev–Trinajstić information content (AvgIpc) is 2.08. The van der Waals surface area contributed by atoms with Gasteiger partial charge in [0.1, 0.15) is 0 Å². The van der Waals surface area contributed by atoms with Gasteiger partial charge in [0.25, 0.3) is 0 Å². The van der Waals surface area contributed by atoms with Gasteiger partial charge in [-0.2, -0.15) is 0 Å². The lowest BCUT2D eigenvalue weighted by molar-refractivity contribution is 1.37. The molecule has 0 aliphatic heterocycles. The molecule has 0 bridgehead atoms. The summed E-state index contributed by atoms with van der Waals surface area (Å²) in [4.78, 5) is 0. The summed E-state index contributed by atoms with van der Waals surface area (Å²) in [6.45, 7) is 11.9. The normalized spacial score (nSPS) is 8.33. The second kappa shape index (κ2) is 5.59. The summed E-state index contributed by atoms with van der Waals surface area (Å²) in [5, 5.41) is 0. The molecular formula is C12H18. The van der Waals surface area contributed by atoms with Crippen molar-refractivity contribution in [3.63, 3.8) is 0 Å². The minimum absolute atomic E-state index is 1.23. The minimum atomic E-state index is 1.23. The Morgan fingerprint density at radius 3 is 2.17 bits per heavy atom. The predicted octanol–water partition coefficient (Wildman–Crippen LogP) is 3.97. The van der Waals surface area contributed by atoms with Crippen molar-refractivity contribution in [2.24, 2.45) is 0 Å². The summed E-state index contributed by atoms with van der Waals surface area (Å²) in [5.74, 6) is 0. The lowest BCUT2D eigenvalue weighted by Crippen LogP contribution is -1.80. The van der Waals surface area contributed by atoms with E-state index in [-0.39, 0.29) is 0 Å². The molecule has 0 saturated carbocycles. The van der Waals surface area contributed by atoms with E-state index in [1.54, 1.807) is 0 Å². The lowest BCUT2D eigenvalue weighted by atomic mass is 10.1. The molecule has 0 nitrogen and oxygen atoms in total. The van der Waals surface area contributed by atoms with E-state index in [2.05, 4.69) is 38.6 Å². The van der Waals surface area contributed by atoms with E-state index >= 15 is 0 Å². The van der Waals surface area contributed by atoms with Gasteiger partial charge < -0.3 is 0 Å². The van der Waals surface area contributed by atoms with Gasteiger partial charge in [0, 0.05) is 0 Å². The van der Waals surface area contributed by atoms with Crippen LogP contribution in [-0.2, 0) is 0 Å². The van der Waals surface area contributed by atoms with Crippen LogP contribution in [0.4, 0.5) is 0 Å². The zero-order valence-electron chi connectivity index (χ0n) is 8.52. The third kappa shape index (κ3) is 2.91. The van der Waals surface area contributed by atoms with E-state index in [9.17, 15) is 0 Å². The average molecular weight is 162 g/mol. The summed E-state index contributed by atoms with van der Waals surface area (Å²) in [6.07, 6.45) is 1.88. The molecule has 0 heteroatoms. The molecule has 0 amide bonds. The van der Waals surface area contributed by atoms with Gasteiger partial charge in [-0.05, 0) is 25.0 Å². The summed E-state index contributed by atoms with van der Waals surface area (Å²) in [5.41, 5.74) is 3.84. The van der Waals surface area contributed by atoms with Crippen LogP contribution in [0, 0.1) is 13.8 Å². The Hall–Kier alpha value is -1.04. The molecule has 1 aromatic rings. The maximum absolute atomic E-state index is 3.72. The molecular weight excluding hydrogens is 144 g/mol. The number of hydrogen-bond acceptors (Lipinski definition) is 0. The molecule has 0 spiro atoms. The summed E-state index contributed by atoms with van der Waals surface area (Å²) >= 11 is 0. The van der Waals surface area contributed by atoms with Gasteiger partial charge in [-0.25, -0.2) is 0 Å². The standard InChI is InChI=1S/C10H12.C2H6/c1-4-10-6-5-8(2)7-9(10)3;1-2/h4-7H,1H2,2-3H3;1-2H3. The summed E-state index contributed by atoms with van der Waals surface area (Å²) in [7, 11) is 0. The van der Waals surface area contributed by atoms with E-state index in [1.165, 1.54) is 16.7 Å². The number of rotatable bonds is 1. The molecule has 12 heavy (non-hydrogen) atoms. The van der Waals surface area contributed by atoms with Crippen LogP contribution >= 0.6 is 0 Å². The third-order valence-corrected chi connectivity index (χ3v) is 1.65. The van der Waals surface area contributed by atoms with Crippen LogP contribution in [-0.4, -0.2) is 0 Å². The van der Waals surface area contributed by atoms with Crippen molar-refractivity contribution in [1.29, 1.82) is 0 Å². The fourth-order valence-electron chi connectivity index (χ4n) is 1.05. The first-order chi connectivity index (χ1) is 5.74. The fourth-order valence-corrected chi connectivity index (χ4v) is 1.05.